The number of imide groups is 1. The molecule has 1 fully saturated rings. The molecule has 42 heavy (non-hydrogen) atoms. The van der Waals surface area contributed by atoms with E-state index in [0.717, 1.165) is 27.8 Å². The zero-order chi connectivity index (χ0) is 29.2. The SMILES string of the molecule is COc1ccccc1C(=O)N/N=C/C12c3ccccc3C(c3ccccc31)[C@@H]1C(=O)N(c3cc(Cl)ccc3C)C(=O)[C@H]12. The number of para-hydroxylation sites is 1. The van der Waals surface area contributed by atoms with Gasteiger partial charge < -0.3 is 4.74 Å². The molecule has 1 heterocycles. The van der Waals surface area contributed by atoms with Crippen molar-refractivity contribution in [1.29, 1.82) is 0 Å². The fourth-order valence-corrected chi connectivity index (χ4v) is 7.36. The number of nitrogens with zero attached hydrogens (tertiary/aromatic N) is 2. The molecule has 0 aromatic heterocycles. The monoisotopic (exact) mass is 575 g/mol. The Balaban J connectivity index is 1.41. The number of ether oxygens (including phenoxy) is 1. The maximum absolute atomic E-state index is 14.5. The van der Waals surface area contributed by atoms with E-state index in [0.29, 0.717) is 22.0 Å². The van der Waals surface area contributed by atoms with Crippen molar-refractivity contribution in [3.05, 3.63) is 129 Å². The van der Waals surface area contributed by atoms with E-state index >= 15 is 0 Å². The minimum atomic E-state index is -1.10. The van der Waals surface area contributed by atoms with E-state index in [1.54, 1.807) is 42.6 Å². The van der Waals surface area contributed by atoms with Crippen LogP contribution in [0.4, 0.5) is 5.69 Å². The molecule has 7 nitrogen and oxygen atoms in total. The summed E-state index contributed by atoms with van der Waals surface area (Å²) in [5.41, 5.74) is 6.88. The summed E-state index contributed by atoms with van der Waals surface area (Å²) in [6.45, 7) is 1.86. The van der Waals surface area contributed by atoms with Crippen LogP contribution in [0.3, 0.4) is 0 Å². The van der Waals surface area contributed by atoms with Crippen molar-refractivity contribution in [2.45, 2.75) is 18.3 Å². The molecule has 0 unspecified atom stereocenters. The molecule has 1 aliphatic heterocycles. The molecule has 0 saturated carbocycles. The van der Waals surface area contributed by atoms with Crippen LogP contribution in [-0.4, -0.2) is 31.0 Å². The van der Waals surface area contributed by atoms with Gasteiger partial charge in [0, 0.05) is 17.2 Å². The lowest BCUT2D eigenvalue weighted by atomic mass is 9.47. The van der Waals surface area contributed by atoms with Crippen molar-refractivity contribution < 1.29 is 19.1 Å². The number of halogens is 1. The van der Waals surface area contributed by atoms with Gasteiger partial charge in [0.15, 0.2) is 0 Å². The number of rotatable bonds is 5. The lowest BCUT2D eigenvalue weighted by molar-refractivity contribution is -0.122. The molecule has 0 spiro atoms. The highest BCUT2D eigenvalue weighted by atomic mass is 35.5. The lowest BCUT2D eigenvalue weighted by Crippen LogP contribution is -2.54. The predicted octanol–water partition coefficient (Wildman–Crippen LogP) is 5.62. The number of aryl methyl sites for hydroxylation is 1. The highest BCUT2D eigenvalue weighted by Crippen LogP contribution is 2.63. The Morgan fingerprint density at radius 2 is 1.57 bits per heavy atom. The number of amides is 3. The second kappa shape index (κ2) is 9.67. The molecule has 8 heteroatoms. The van der Waals surface area contributed by atoms with Crippen LogP contribution in [-0.2, 0) is 15.0 Å². The molecule has 8 rings (SSSR count). The first kappa shape index (κ1) is 26.2. The quantitative estimate of drug-likeness (QED) is 0.190. The third kappa shape index (κ3) is 3.53. The number of hydrazone groups is 1. The summed E-state index contributed by atoms with van der Waals surface area (Å²) in [6.07, 6.45) is 1.64. The van der Waals surface area contributed by atoms with Gasteiger partial charge in [0.2, 0.25) is 11.8 Å². The van der Waals surface area contributed by atoms with Crippen LogP contribution in [0.1, 0.15) is 44.1 Å². The van der Waals surface area contributed by atoms with Crippen molar-refractivity contribution in [2.75, 3.05) is 12.0 Å². The number of carbonyl (C=O) groups is 3. The second-order valence-electron chi connectivity index (χ2n) is 10.9. The second-order valence-corrected chi connectivity index (χ2v) is 11.3. The Labute approximate surface area is 247 Å². The largest absolute Gasteiger partial charge is 0.496 e. The molecule has 3 amide bonds. The third-order valence-electron chi connectivity index (χ3n) is 8.88. The zero-order valence-electron chi connectivity index (χ0n) is 22.9. The van der Waals surface area contributed by atoms with Gasteiger partial charge in [-0.05, 0) is 59.0 Å². The van der Waals surface area contributed by atoms with Crippen LogP contribution in [0.5, 0.6) is 5.75 Å². The van der Waals surface area contributed by atoms with Gasteiger partial charge in [-0.1, -0.05) is 78.3 Å². The van der Waals surface area contributed by atoms with Gasteiger partial charge in [0.25, 0.3) is 5.91 Å². The molecule has 0 radical (unpaired) electrons. The summed E-state index contributed by atoms with van der Waals surface area (Å²) in [5.74, 6) is -2.34. The van der Waals surface area contributed by atoms with E-state index in [-0.39, 0.29) is 17.7 Å². The summed E-state index contributed by atoms with van der Waals surface area (Å²) in [5, 5.41) is 4.92. The molecule has 2 bridgehead atoms. The summed E-state index contributed by atoms with van der Waals surface area (Å²) < 4.78 is 5.35. The Bertz CT molecular complexity index is 1790. The molecule has 1 N–H and O–H groups in total. The number of methoxy groups -OCH3 is 1. The Morgan fingerprint density at radius 1 is 0.929 bits per heavy atom. The fourth-order valence-electron chi connectivity index (χ4n) is 7.20. The van der Waals surface area contributed by atoms with E-state index in [1.165, 1.54) is 12.0 Å². The standard InChI is InChI=1S/C34H26ClN3O4/c1-19-15-16-20(35)17-26(19)38-32(40)29-28-21-9-3-6-12-24(21)34(30(29)33(38)41,25-13-7-4-10-22(25)28)18-36-37-31(39)23-11-5-8-14-27(23)42-2/h3-18,28-30H,1-2H3,(H,37,39)/b36-18+/t28?,29-,30-,34?/m0/s1. The van der Waals surface area contributed by atoms with Crippen molar-refractivity contribution in [1.82, 2.24) is 5.43 Å². The van der Waals surface area contributed by atoms with Crippen LogP contribution in [0, 0.1) is 18.8 Å². The van der Waals surface area contributed by atoms with E-state index in [9.17, 15) is 14.4 Å². The molecule has 2 atom stereocenters. The summed E-state index contributed by atoms with van der Waals surface area (Å²) in [4.78, 5) is 43.3. The maximum atomic E-state index is 14.5. The average Bonchev–Trinajstić information content (AvgIpc) is 3.28. The summed E-state index contributed by atoms with van der Waals surface area (Å²) >= 11 is 6.34. The summed E-state index contributed by atoms with van der Waals surface area (Å²) in [6, 6.07) is 27.9. The highest BCUT2D eigenvalue weighted by molar-refractivity contribution is 6.31. The van der Waals surface area contributed by atoms with Crippen LogP contribution >= 0.6 is 11.6 Å². The van der Waals surface area contributed by atoms with Gasteiger partial charge in [0.1, 0.15) is 5.75 Å². The van der Waals surface area contributed by atoms with Gasteiger partial charge >= 0.3 is 0 Å². The van der Waals surface area contributed by atoms with Gasteiger partial charge in [0.05, 0.1) is 35.6 Å². The number of hydrogen-bond donors (Lipinski definition) is 1. The molecular formula is C34H26ClN3O4. The minimum Gasteiger partial charge on any atom is -0.496 e. The minimum absolute atomic E-state index is 0.264. The van der Waals surface area contributed by atoms with Gasteiger partial charge in [-0.15, -0.1) is 0 Å². The Morgan fingerprint density at radius 3 is 2.26 bits per heavy atom. The smallest absolute Gasteiger partial charge is 0.275 e. The first-order valence-corrected chi connectivity index (χ1v) is 14.1. The average molecular weight is 576 g/mol. The normalized spacial score (nSPS) is 23.5. The number of nitrogens with one attached hydrogen (secondary N) is 1. The van der Waals surface area contributed by atoms with Crippen LogP contribution in [0.15, 0.2) is 96.1 Å². The van der Waals surface area contributed by atoms with E-state index < -0.39 is 23.2 Å². The molecular weight excluding hydrogens is 550 g/mol. The first-order chi connectivity index (χ1) is 20.4. The van der Waals surface area contributed by atoms with Crippen LogP contribution in [0.2, 0.25) is 5.02 Å². The highest BCUT2D eigenvalue weighted by Gasteiger charge is 2.68. The summed E-state index contributed by atoms with van der Waals surface area (Å²) in [7, 11) is 1.50. The number of benzene rings is 4. The van der Waals surface area contributed by atoms with Crippen LogP contribution in [0.25, 0.3) is 0 Å². The van der Waals surface area contributed by atoms with Gasteiger partial charge in [-0.2, -0.15) is 5.10 Å². The fraction of sp³-hybridized carbons (Fsp3) is 0.176. The first-order valence-electron chi connectivity index (χ1n) is 13.7. The van der Waals surface area contributed by atoms with E-state index in [1.807, 2.05) is 61.5 Å². The molecule has 4 aromatic rings. The third-order valence-corrected chi connectivity index (χ3v) is 9.12. The number of hydrogen-bond acceptors (Lipinski definition) is 5. The molecule has 3 aliphatic carbocycles. The Kier molecular flexibility index (Phi) is 6.02. The number of anilines is 1. The Hall–Kier alpha value is -4.75. The van der Waals surface area contributed by atoms with Crippen molar-refractivity contribution in [3.63, 3.8) is 0 Å². The van der Waals surface area contributed by atoms with Crippen molar-refractivity contribution in [2.24, 2.45) is 16.9 Å². The number of carbonyl (C=O) groups excluding carboxylic acids is 3. The maximum Gasteiger partial charge on any atom is 0.275 e. The van der Waals surface area contributed by atoms with Crippen molar-refractivity contribution in [3.8, 4) is 5.75 Å². The van der Waals surface area contributed by atoms with Crippen LogP contribution < -0.4 is 15.1 Å². The van der Waals surface area contributed by atoms with Gasteiger partial charge in [-0.25, -0.2) is 10.3 Å². The molecule has 1 saturated heterocycles. The van der Waals surface area contributed by atoms with E-state index in [4.69, 9.17) is 16.3 Å². The molecule has 208 valence electrons. The topological polar surface area (TPSA) is 88.1 Å². The lowest BCUT2D eigenvalue weighted by Gasteiger charge is -2.52. The molecule has 4 aliphatic rings. The van der Waals surface area contributed by atoms with Gasteiger partial charge in [-0.3, -0.25) is 14.4 Å². The predicted molar refractivity (Wildman–Crippen MR) is 160 cm³/mol. The molecule has 4 aromatic carbocycles. The zero-order valence-corrected chi connectivity index (χ0v) is 23.6. The van der Waals surface area contributed by atoms with E-state index in [2.05, 4.69) is 10.5 Å². The van der Waals surface area contributed by atoms with Crippen molar-refractivity contribution >= 4 is 41.2 Å².